The fraction of sp³-hybridized carbons (Fsp3) is 0.167. The average molecular weight is 287 g/mol. The number of rotatable bonds is 3. The maximum Gasteiger partial charge on any atom is 0.405 e. The van der Waals surface area contributed by atoms with Crippen LogP contribution in [0.1, 0.15) is 10.5 Å². The van der Waals surface area contributed by atoms with Gasteiger partial charge in [0, 0.05) is 5.56 Å². The Bertz CT molecular complexity index is 604. The number of amides is 1. The first-order valence-electron chi connectivity index (χ1n) is 5.51. The van der Waals surface area contributed by atoms with Crippen LogP contribution in [0.25, 0.3) is 11.3 Å². The molecule has 0 fully saturated rings. The van der Waals surface area contributed by atoms with Gasteiger partial charge in [-0.15, -0.1) is 0 Å². The molecule has 0 aliphatic heterocycles. The molecule has 0 aliphatic rings. The summed E-state index contributed by atoms with van der Waals surface area (Å²) in [5, 5.41) is 7.84. The minimum absolute atomic E-state index is 0.103. The zero-order chi connectivity index (χ0) is 14.8. The molecule has 8 heteroatoms. The summed E-state index contributed by atoms with van der Waals surface area (Å²) in [5.74, 6) is -1.34. The maximum atomic E-state index is 12.7. The van der Waals surface area contributed by atoms with Crippen molar-refractivity contribution < 1.29 is 22.4 Å². The molecule has 2 rings (SSSR count). The molecule has 0 bridgehead atoms. The molecular formula is C12H9F4N3O. The van der Waals surface area contributed by atoms with Crippen molar-refractivity contribution in [3.63, 3.8) is 0 Å². The van der Waals surface area contributed by atoms with Crippen molar-refractivity contribution in [2.45, 2.75) is 6.18 Å². The fourth-order valence-electron chi connectivity index (χ4n) is 1.48. The van der Waals surface area contributed by atoms with E-state index in [1.807, 2.05) is 0 Å². The van der Waals surface area contributed by atoms with E-state index in [1.165, 1.54) is 30.3 Å². The van der Waals surface area contributed by atoms with Gasteiger partial charge in [0.05, 0.1) is 5.69 Å². The van der Waals surface area contributed by atoms with Crippen molar-refractivity contribution in [3.8, 4) is 11.3 Å². The van der Waals surface area contributed by atoms with E-state index in [4.69, 9.17) is 0 Å². The van der Waals surface area contributed by atoms with Gasteiger partial charge in [0.15, 0.2) is 0 Å². The van der Waals surface area contributed by atoms with Crippen LogP contribution in [0.2, 0.25) is 0 Å². The summed E-state index contributed by atoms with van der Waals surface area (Å²) in [6.45, 7) is -1.42. The number of H-pyrrole nitrogens is 1. The van der Waals surface area contributed by atoms with Gasteiger partial charge in [0.2, 0.25) is 0 Å². The van der Waals surface area contributed by atoms with Gasteiger partial charge in [0.25, 0.3) is 5.91 Å². The molecule has 0 radical (unpaired) electrons. The zero-order valence-electron chi connectivity index (χ0n) is 9.96. The molecule has 1 amide bonds. The number of aromatic amines is 1. The lowest BCUT2D eigenvalue weighted by Gasteiger charge is -2.06. The normalized spacial score (nSPS) is 11.4. The Kier molecular flexibility index (Phi) is 3.73. The van der Waals surface area contributed by atoms with E-state index < -0.39 is 24.4 Å². The Balaban J connectivity index is 2.09. The Labute approximate surface area is 110 Å². The second-order valence-corrected chi connectivity index (χ2v) is 3.97. The summed E-state index contributed by atoms with van der Waals surface area (Å²) in [7, 11) is 0. The van der Waals surface area contributed by atoms with Crippen molar-refractivity contribution in [1.29, 1.82) is 0 Å². The molecule has 2 aromatic rings. The molecule has 0 saturated carbocycles. The van der Waals surface area contributed by atoms with Crippen molar-refractivity contribution in [2.24, 2.45) is 0 Å². The summed E-state index contributed by atoms with van der Waals surface area (Å²) in [6, 6.07) is 6.62. The van der Waals surface area contributed by atoms with Gasteiger partial charge in [0.1, 0.15) is 18.1 Å². The molecule has 4 nitrogen and oxygen atoms in total. The summed E-state index contributed by atoms with van der Waals surface area (Å²) in [6.07, 6.45) is -4.48. The highest BCUT2D eigenvalue weighted by Crippen LogP contribution is 2.18. The number of carbonyl (C=O) groups excluding carboxylic acids is 1. The van der Waals surface area contributed by atoms with Crippen molar-refractivity contribution in [1.82, 2.24) is 15.5 Å². The number of aromatic nitrogens is 2. The van der Waals surface area contributed by atoms with Crippen LogP contribution >= 0.6 is 0 Å². The molecule has 1 aromatic carbocycles. The maximum absolute atomic E-state index is 12.7. The van der Waals surface area contributed by atoms with E-state index in [0.29, 0.717) is 11.3 Å². The standard InChI is InChI=1S/C12H9F4N3O/c13-8-3-1-7(2-4-8)9-5-10(19-18-9)11(20)17-6-12(14,15)16/h1-5H,6H2,(H,17,20)(H,18,19). The first kappa shape index (κ1) is 14.0. The molecule has 106 valence electrons. The SMILES string of the molecule is O=C(NCC(F)(F)F)c1cc(-c2ccc(F)cc2)n[nH]1. The second kappa shape index (κ2) is 5.32. The molecule has 20 heavy (non-hydrogen) atoms. The zero-order valence-corrected chi connectivity index (χ0v) is 9.96. The van der Waals surface area contributed by atoms with E-state index in [2.05, 4.69) is 10.2 Å². The summed E-state index contributed by atoms with van der Waals surface area (Å²) < 4.78 is 48.6. The van der Waals surface area contributed by atoms with Crippen LogP contribution in [0.4, 0.5) is 17.6 Å². The summed E-state index contributed by atoms with van der Waals surface area (Å²) >= 11 is 0. The fourth-order valence-corrected chi connectivity index (χ4v) is 1.48. The number of hydrogen-bond acceptors (Lipinski definition) is 2. The van der Waals surface area contributed by atoms with E-state index in [1.54, 1.807) is 5.32 Å². The number of halogens is 4. The van der Waals surface area contributed by atoms with Crippen LogP contribution < -0.4 is 5.32 Å². The molecule has 0 spiro atoms. The predicted octanol–water partition coefficient (Wildman–Crippen LogP) is 2.51. The molecule has 0 atom stereocenters. The highest BCUT2D eigenvalue weighted by Gasteiger charge is 2.28. The number of nitrogens with one attached hydrogen (secondary N) is 2. The van der Waals surface area contributed by atoms with Crippen LogP contribution in [0, 0.1) is 5.82 Å². The molecule has 2 N–H and O–H groups in total. The second-order valence-electron chi connectivity index (χ2n) is 3.97. The van der Waals surface area contributed by atoms with E-state index in [-0.39, 0.29) is 5.69 Å². The van der Waals surface area contributed by atoms with Crippen LogP contribution in [-0.4, -0.2) is 28.8 Å². The minimum Gasteiger partial charge on any atom is -0.342 e. The van der Waals surface area contributed by atoms with Gasteiger partial charge >= 0.3 is 6.18 Å². The third-order valence-electron chi connectivity index (χ3n) is 2.41. The lowest BCUT2D eigenvalue weighted by molar-refractivity contribution is -0.123. The average Bonchev–Trinajstić information content (AvgIpc) is 2.85. The van der Waals surface area contributed by atoms with Gasteiger partial charge in [-0.1, -0.05) is 0 Å². The molecule has 0 unspecified atom stereocenters. The van der Waals surface area contributed by atoms with Crippen LogP contribution in [0.5, 0.6) is 0 Å². The highest BCUT2D eigenvalue weighted by molar-refractivity contribution is 5.93. The van der Waals surface area contributed by atoms with Crippen LogP contribution in [0.15, 0.2) is 30.3 Å². The van der Waals surface area contributed by atoms with Crippen LogP contribution in [-0.2, 0) is 0 Å². The molecule has 1 heterocycles. The topological polar surface area (TPSA) is 57.8 Å². The lowest BCUT2D eigenvalue weighted by atomic mass is 10.1. The summed E-state index contributed by atoms with van der Waals surface area (Å²) in [4.78, 5) is 11.4. The van der Waals surface area contributed by atoms with Crippen molar-refractivity contribution in [3.05, 3.63) is 41.8 Å². The van der Waals surface area contributed by atoms with Crippen molar-refractivity contribution >= 4 is 5.91 Å². The number of nitrogens with zero attached hydrogens (tertiary/aromatic N) is 1. The monoisotopic (exact) mass is 287 g/mol. The summed E-state index contributed by atoms with van der Waals surface area (Å²) in [5.41, 5.74) is 0.772. The number of hydrogen-bond donors (Lipinski definition) is 2. The van der Waals surface area contributed by atoms with Gasteiger partial charge < -0.3 is 5.32 Å². The molecular weight excluding hydrogens is 278 g/mol. The molecule has 1 aromatic heterocycles. The van der Waals surface area contributed by atoms with Gasteiger partial charge in [-0.05, 0) is 30.3 Å². The largest absolute Gasteiger partial charge is 0.405 e. The third kappa shape index (κ3) is 3.56. The Hall–Kier alpha value is -2.38. The van der Waals surface area contributed by atoms with Gasteiger partial charge in [-0.3, -0.25) is 9.89 Å². The number of alkyl halides is 3. The van der Waals surface area contributed by atoms with Crippen LogP contribution in [0.3, 0.4) is 0 Å². The predicted molar refractivity (Wildman–Crippen MR) is 62.4 cm³/mol. The van der Waals surface area contributed by atoms with Gasteiger partial charge in [-0.2, -0.15) is 18.3 Å². The number of benzene rings is 1. The molecule has 0 saturated heterocycles. The quantitative estimate of drug-likeness (QED) is 0.852. The minimum atomic E-state index is -4.48. The third-order valence-corrected chi connectivity index (χ3v) is 2.41. The van der Waals surface area contributed by atoms with Gasteiger partial charge in [-0.25, -0.2) is 4.39 Å². The first-order valence-corrected chi connectivity index (χ1v) is 5.51. The Morgan fingerprint density at radius 3 is 2.50 bits per heavy atom. The van der Waals surface area contributed by atoms with Crippen molar-refractivity contribution in [2.75, 3.05) is 6.54 Å². The van der Waals surface area contributed by atoms with E-state index >= 15 is 0 Å². The first-order chi connectivity index (χ1) is 9.35. The van der Waals surface area contributed by atoms with E-state index in [0.717, 1.165) is 0 Å². The Morgan fingerprint density at radius 2 is 1.90 bits per heavy atom. The smallest absolute Gasteiger partial charge is 0.342 e. The lowest BCUT2D eigenvalue weighted by Crippen LogP contribution is -2.33. The molecule has 0 aliphatic carbocycles. The highest BCUT2D eigenvalue weighted by atomic mass is 19.4. The number of carbonyl (C=O) groups is 1. The Morgan fingerprint density at radius 1 is 1.25 bits per heavy atom. The van der Waals surface area contributed by atoms with E-state index in [9.17, 15) is 22.4 Å².